The van der Waals surface area contributed by atoms with E-state index in [0.717, 1.165) is 4.47 Å². The molecule has 1 aromatic rings. The van der Waals surface area contributed by atoms with Gasteiger partial charge in [0.15, 0.2) is 0 Å². The first-order chi connectivity index (χ1) is 6.29. The van der Waals surface area contributed by atoms with Gasteiger partial charge in [-0.3, -0.25) is 0 Å². The van der Waals surface area contributed by atoms with Gasteiger partial charge in [0.25, 0.3) is 0 Å². The fraction of sp³-hybridized carbons (Fsp3) is 0.0909. The van der Waals surface area contributed by atoms with Gasteiger partial charge >= 0.3 is 49.0 Å². The number of halogens is 1. The van der Waals surface area contributed by atoms with Crippen LogP contribution < -0.4 is 0 Å². The van der Waals surface area contributed by atoms with Crippen LogP contribution in [0.3, 0.4) is 0 Å². The molecule has 0 saturated heterocycles. The fourth-order valence-corrected chi connectivity index (χ4v) is 1.50. The van der Waals surface area contributed by atoms with Crippen molar-refractivity contribution in [2.45, 2.75) is 6.42 Å². The monoisotopic (exact) mass is 269 g/mol. The summed E-state index contributed by atoms with van der Waals surface area (Å²) in [7, 11) is 0. The Morgan fingerprint density at radius 1 is 1.15 bits per heavy atom. The van der Waals surface area contributed by atoms with Gasteiger partial charge in [-0.15, -0.1) is 0 Å². The summed E-state index contributed by atoms with van der Waals surface area (Å²) in [5.74, 6) is 0. The zero-order valence-electron chi connectivity index (χ0n) is 7.20. The molecule has 0 amide bonds. The topological polar surface area (TPSA) is 0 Å². The Labute approximate surface area is 99.3 Å². The van der Waals surface area contributed by atoms with Gasteiger partial charge in [0, 0.05) is 4.47 Å². The molecule has 0 aromatic heterocycles. The van der Waals surface area contributed by atoms with E-state index in [-0.39, 0.29) is 0 Å². The molecular formula is C11H10BrTi. The molecule has 0 spiro atoms. The van der Waals surface area contributed by atoms with Gasteiger partial charge in [0.05, 0.1) is 0 Å². The third-order valence-corrected chi connectivity index (χ3v) is 2.61. The molecule has 13 heavy (non-hydrogen) atoms. The van der Waals surface area contributed by atoms with Crippen molar-refractivity contribution in [3.05, 3.63) is 56.9 Å². The molecule has 0 atom stereocenters. The van der Waals surface area contributed by atoms with E-state index < -0.39 is 0 Å². The maximum absolute atomic E-state index is 3.31. The van der Waals surface area contributed by atoms with Gasteiger partial charge in [-0.25, -0.2) is 0 Å². The van der Waals surface area contributed by atoms with Gasteiger partial charge in [0.1, 0.15) is 0 Å². The Bertz CT molecular complexity index is 301. The molecule has 0 fully saturated rings. The molecule has 0 nitrogen and oxygen atoms in total. The quantitative estimate of drug-likeness (QED) is 0.628. The van der Waals surface area contributed by atoms with E-state index in [2.05, 4.69) is 54.6 Å². The van der Waals surface area contributed by atoms with E-state index in [9.17, 15) is 0 Å². The van der Waals surface area contributed by atoms with Crippen LogP contribution in [0.2, 0.25) is 0 Å². The Morgan fingerprint density at radius 3 is 2.08 bits per heavy atom. The molecule has 0 aliphatic heterocycles. The third kappa shape index (κ3) is 5.25. The van der Waals surface area contributed by atoms with Gasteiger partial charge in [-0.1, -0.05) is 34.1 Å². The van der Waals surface area contributed by atoms with Crippen molar-refractivity contribution in [3.8, 4) is 0 Å². The Balaban J connectivity index is 0.000000132. The van der Waals surface area contributed by atoms with Crippen LogP contribution in [0.25, 0.3) is 0 Å². The van der Waals surface area contributed by atoms with Gasteiger partial charge in [-0.2, -0.15) is 0 Å². The second kappa shape index (κ2) is 6.36. The van der Waals surface area contributed by atoms with E-state index in [1.54, 1.807) is 0 Å². The predicted octanol–water partition coefficient (Wildman–Crippen LogP) is 3.83. The summed E-state index contributed by atoms with van der Waals surface area (Å²) in [6.07, 6.45) is 7.56. The zero-order valence-corrected chi connectivity index (χ0v) is 10.4. The number of benzene rings is 1. The van der Waals surface area contributed by atoms with Crippen LogP contribution in [0.1, 0.15) is 6.42 Å². The van der Waals surface area contributed by atoms with Crippen molar-refractivity contribution >= 4 is 15.9 Å². The van der Waals surface area contributed by atoms with Crippen molar-refractivity contribution < 1.29 is 20.4 Å². The first kappa shape index (κ1) is 11.0. The number of rotatable bonds is 0. The van der Waals surface area contributed by atoms with Crippen LogP contribution >= 0.6 is 15.9 Å². The second-order valence-electron chi connectivity index (χ2n) is 2.62. The number of hydrogen-bond acceptors (Lipinski definition) is 0. The second-order valence-corrected chi connectivity index (χ2v) is 4.54. The summed E-state index contributed by atoms with van der Waals surface area (Å²) < 4.78 is 2.60. The Hall–Kier alpha value is -0.106. The van der Waals surface area contributed by atoms with Crippen LogP contribution in [0, 0.1) is 0 Å². The molecule has 0 unspecified atom stereocenters. The first-order valence-electron chi connectivity index (χ1n) is 4.07. The van der Waals surface area contributed by atoms with Gasteiger partial charge in [0.2, 0.25) is 0 Å². The summed E-state index contributed by atoms with van der Waals surface area (Å²) in [5, 5.41) is 0. The SMILES string of the molecule is Brc1ccccc1.[Ti][C]1=CC=CC1. The van der Waals surface area contributed by atoms with Crippen molar-refractivity contribution in [3.63, 3.8) is 0 Å². The molecule has 1 aliphatic carbocycles. The third-order valence-electron chi connectivity index (χ3n) is 1.50. The van der Waals surface area contributed by atoms with Gasteiger partial charge < -0.3 is 0 Å². The predicted molar refractivity (Wildman–Crippen MR) is 56.0 cm³/mol. The van der Waals surface area contributed by atoms with Crippen molar-refractivity contribution in [1.82, 2.24) is 0 Å². The van der Waals surface area contributed by atoms with E-state index in [0.29, 0.717) is 0 Å². The van der Waals surface area contributed by atoms with Crippen molar-refractivity contribution in [2.24, 2.45) is 0 Å². The van der Waals surface area contributed by atoms with Crippen molar-refractivity contribution in [2.75, 3.05) is 0 Å². The minimum absolute atomic E-state index is 1.13. The molecule has 0 bridgehead atoms. The minimum atomic E-state index is 1.13. The summed E-state index contributed by atoms with van der Waals surface area (Å²) in [6, 6.07) is 9.97. The van der Waals surface area contributed by atoms with Crippen LogP contribution in [-0.4, -0.2) is 0 Å². The van der Waals surface area contributed by atoms with Crippen LogP contribution in [0.15, 0.2) is 56.9 Å². The van der Waals surface area contributed by atoms with Crippen LogP contribution in [0.5, 0.6) is 0 Å². The molecule has 1 aliphatic rings. The maximum atomic E-state index is 3.31. The summed E-state index contributed by atoms with van der Waals surface area (Å²) in [4.78, 5) is 0. The molecule has 1 aromatic carbocycles. The van der Waals surface area contributed by atoms with E-state index >= 15 is 0 Å². The molecule has 0 N–H and O–H groups in total. The molecule has 2 rings (SSSR count). The molecule has 0 radical (unpaired) electrons. The molecule has 65 valence electrons. The molecule has 0 saturated carbocycles. The summed E-state index contributed by atoms with van der Waals surface area (Å²) in [5.41, 5.74) is 0. The zero-order chi connectivity index (χ0) is 9.52. The first-order valence-corrected chi connectivity index (χ1v) is 5.64. The average molecular weight is 270 g/mol. The summed E-state index contributed by atoms with van der Waals surface area (Å²) >= 11 is 5.45. The molecule has 2 heteroatoms. The van der Waals surface area contributed by atoms with E-state index in [4.69, 9.17) is 0 Å². The Morgan fingerprint density at radius 2 is 1.85 bits per heavy atom. The van der Waals surface area contributed by atoms with Crippen molar-refractivity contribution in [1.29, 1.82) is 0 Å². The molecular weight excluding hydrogens is 260 g/mol. The molecule has 0 heterocycles. The van der Waals surface area contributed by atoms with Gasteiger partial charge in [-0.05, 0) is 12.1 Å². The van der Waals surface area contributed by atoms with E-state index in [1.165, 1.54) is 10.3 Å². The number of hydrogen-bond donors (Lipinski definition) is 0. The normalized spacial score (nSPS) is 13.1. The standard InChI is InChI=1S/C6H5Br.C5H5.Ti/c7-6-4-2-1-3-5-6;1-2-4-5-3-1;/h1-5H;1-3H,4H2;. The average Bonchev–Trinajstić information content (AvgIpc) is 2.58. The fourth-order valence-electron chi connectivity index (χ4n) is 0.862. The summed E-state index contributed by atoms with van der Waals surface area (Å²) in [6.45, 7) is 0. The van der Waals surface area contributed by atoms with E-state index in [1.807, 2.05) is 30.3 Å². The van der Waals surface area contributed by atoms with Crippen LogP contribution in [-0.2, 0) is 20.4 Å². The van der Waals surface area contributed by atoms with Crippen LogP contribution in [0.4, 0.5) is 0 Å². The Kier molecular flexibility index (Phi) is 5.37. The number of allylic oxidation sites excluding steroid dienone is 4.